The van der Waals surface area contributed by atoms with E-state index in [4.69, 9.17) is 9.97 Å². The van der Waals surface area contributed by atoms with E-state index < -0.39 is 0 Å². The third kappa shape index (κ3) is 2.80. The van der Waals surface area contributed by atoms with Gasteiger partial charge in [-0.1, -0.05) is 0 Å². The molecule has 162 valence electrons. The summed E-state index contributed by atoms with van der Waals surface area (Å²) in [5, 5.41) is 19.8. The summed E-state index contributed by atoms with van der Waals surface area (Å²) in [6.07, 6.45) is 7.28. The zero-order valence-corrected chi connectivity index (χ0v) is 18.1. The minimum Gasteiger partial charge on any atom is -0.507 e. The molecule has 1 saturated heterocycles. The average Bonchev–Trinajstić information content (AvgIpc) is 3.34. The second-order valence-corrected chi connectivity index (χ2v) is 9.97. The number of nitrogens with one attached hydrogen (secondary N) is 1. The van der Waals surface area contributed by atoms with Crippen LogP contribution in [0.15, 0.2) is 42.6 Å². The normalized spacial score (nSPS) is 26.5. The first-order chi connectivity index (χ1) is 15.5. The molecule has 2 bridgehead atoms. The van der Waals surface area contributed by atoms with Crippen LogP contribution in [0, 0.1) is 5.92 Å². The van der Waals surface area contributed by atoms with Crippen molar-refractivity contribution in [3.63, 3.8) is 0 Å². The van der Waals surface area contributed by atoms with Gasteiger partial charge in [-0.25, -0.2) is 9.97 Å². The first-order valence-corrected chi connectivity index (χ1v) is 11.5. The number of phenols is 1. The van der Waals surface area contributed by atoms with Gasteiger partial charge in [0, 0.05) is 54.9 Å². The number of pyridine rings is 2. The third-order valence-electron chi connectivity index (χ3n) is 7.60. The van der Waals surface area contributed by atoms with Gasteiger partial charge in [0.25, 0.3) is 0 Å². The van der Waals surface area contributed by atoms with E-state index in [9.17, 15) is 5.11 Å². The molecule has 2 N–H and O–H groups in total. The number of benzene rings is 1. The molecule has 1 aliphatic heterocycles. The Labute approximate surface area is 186 Å². The Hall–Kier alpha value is -3.19. The van der Waals surface area contributed by atoms with E-state index in [1.165, 1.54) is 25.7 Å². The zero-order valence-electron chi connectivity index (χ0n) is 18.1. The number of aryl methyl sites for hydroxylation is 1. The van der Waals surface area contributed by atoms with Crippen molar-refractivity contribution in [2.24, 2.45) is 13.0 Å². The number of anilines is 1. The summed E-state index contributed by atoms with van der Waals surface area (Å²) in [6.45, 7) is 2.07. The third-order valence-corrected chi connectivity index (χ3v) is 7.60. The predicted octanol–water partition coefficient (Wildman–Crippen LogP) is 3.61. The van der Waals surface area contributed by atoms with Gasteiger partial charge in [-0.15, -0.1) is 0 Å². The molecule has 4 aliphatic rings. The maximum absolute atomic E-state index is 10.5. The van der Waals surface area contributed by atoms with Crippen LogP contribution in [-0.4, -0.2) is 49.5 Å². The number of phenolic OH excluding ortho intramolecular Hbond substituents is 1. The topological polar surface area (TPSA) is 79.1 Å². The van der Waals surface area contributed by atoms with Crippen LogP contribution in [0.5, 0.6) is 5.75 Å². The Balaban J connectivity index is 1.15. The van der Waals surface area contributed by atoms with Crippen molar-refractivity contribution in [2.45, 2.75) is 37.3 Å². The summed E-state index contributed by atoms with van der Waals surface area (Å²) in [4.78, 5) is 12.1. The Morgan fingerprint density at radius 1 is 1.03 bits per heavy atom. The Morgan fingerprint density at radius 2 is 1.84 bits per heavy atom. The van der Waals surface area contributed by atoms with Crippen molar-refractivity contribution in [3.8, 4) is 17.0 Å². The van der Waals surface area contributed by atoms with Crippen LogP contribution in [0.4, 0.5) is 5.82 Å². The van der Waals surface area contributed by atoms with Gasteiger partial charge in [0.15, 0.2) is 0 Å². The summed E-state index contributed by atoms with van der Waals surface area (Å²) < 4.78 is 1.75. The molecular weight excluding hydrogens is 400 g/mol. The highest BCUT2D eigenvalue weighted by molar-refractivity contribution is 5.88. The molecule has 3 aromatic heterocycles. The first-order valence-electron chi connectivity index (χ1n) is 11.5. The summed E-state index contributed by atoms with van der Waals surface area (Å²) in [7, 11) is 1.88. The van der Waals surface area contributed by atoms with E-state index in [-0.39, 0.29) is 5.75 Å². The van der Waals surface area contributed by atoms with Gasteiger partial charge in [-0.3, -0.25) is 4.68 Å². The molecule has 1 atom stereocenters. The lowest BCUT2D eigenvalue weighted by molar-refractivity contribution is -0.0572. The molecule has 32 heavy (non-hydrogen) atoms. The number of aromatic nitrogens is 4. The Bertz CT molecular complexity index is 1360. The van der Waals surface area contributed by atoms with Crippen molar-refractivity contribution in [1.29, 1.82) is 0 Å². The maximum atomic E-state index is 10.5. The van der Waals surface area contributed by atoms with E-state index in [1.807, 2.05) is 37.5 Å². The van der Waals surface area contributed by atoms with Crippen LogP contribution < -0.4 is 10.2 Å². The quantitative estimate of drug-likeness (QED) is 0.519. The Kier molecular flexibility index (Phi) is 3.69. The fraction of sp³-hybridized carbons (Fsp3) is 0.400. The molecule has 4 heterocycles. The number of fused-ring (bicyclic) bond motifs is 2. The molecule has 0 amide bonds. The lowest BCUT2D eigenvalue weighted by Gasteiger charge is -2.63. The van der Waals surface area contributed by atoms with E-state index in [0.29, 0.717) is 17.1 Å². The number of aromatic hydroxyl groups is 1. The van der Waals surface area contributed by atoms with Gasteiger partial charge in [0.2, 0.25) is 0 Å². The molecule has 7 nitrogen and oxygen atoms in total. The summed E-state index contributed by atoms with van der Waals surface area (Å²) in [6, 6.07) is 12.3. The molecule has 0 spiro atoms. The fourth-order valence-electron chi connectivity index (χ4n) is 5.89. The smallest absolute Gasteiger partial charge is 0.129 e. The number of rotatable bonds is 4. The Morgan fingerprint density at radius 3 is 2.66 bits per heavy atom. The van der Waals surface area contributed by atoms with E-state index >= 15 is 0 Å². The van der Waals surface area contributed by atoms with Gasteiger partial charge in [0.05, 0.1) is 22.2 Å². The number of nitrogens with zero attached hydrogens (tertiary/aromatic N) is 5. The van der Waals surface area contributed by atoms with Crippen LogP contribution in [-0.2, 0) is 7.05 Å². The van der Waals surface area contributed by atoms with Gasteiger partial charge in [-0.05, 0) is 61.9 Å². The molecule has 3 aliphatic carbocycles. The number of hydrogen-bond donors (Lipinski definition) is 2. The molecule has 0 radical (unpaired) electrons. The number of hydrogen-bond acceptors (Lipinski definition) is 6. The second-order valence-electron chi connectivity index (χ2n) is 9.97. The zero-order chi connectivity index (χ0) is 21.4. The summed E-state index contributed by atoms with van der Waals surface area (Å²) in [5.41, 5.74) is 4.40. The van der Waals surface area contributed by atoms with Crippen LogP contribution in [0.2, 0.25) is 0 Å². The lowest BCUT2D eigenvalue weighted by Crippen LogP contribution is -2.69. The molecule has 7 heteroatoms. The first kappa shape index (κ1) is 18.4. The minimum absolute atomic E-state index is 0.187. The average molecular weight is 427 g/mol. The predicted molar refractivity (Wildman–Crippen MR) is 125 cm³/mol. The lowest BCUT2D eigenvalue weighted by atomic mass is 9.49. The monoisotopic (exact) mass is 426 g/mol. The molecule has 1 aromatic carbocycles. The molecule has 1 unspecified atom stereocenters. The van der Waals surface area contributed by atoms with Crippen molar-refractivity contribution in [3.05, 3.63) is 42.6 Å². The molecule has 4 fully saturated rings. The van der Waals surface area contributed by atoms with E-state index in [0.717, 1.165) is 52.5 Å². The van der Waals surface area contributed by atoms with Crippen LogP contribution >= 0.6 is 0 Å². The summed E-state index contributed by atoms with van der Waals surface area (Å²) in [5.74, 6) is 2.22. The standard InChI is InChI=1S/C25H26N6O/c1-30-13-16-8-18(23(32)9-22(16)29-30)19-2-3-21-20(26-19)4-5-24(27-21)31-7-6-17(14-31)28-25-10-15(11-25)12-25/h2-5,8-9,13,15,17,28,32H,6-7,10-12,14H2,1H3. The molecule has 4 aromatic rings. The van der Waals surface area contributed by atoms with Crippen LogP contribution in [0.1, 0.15) is 25.7 Å². The minimum atomic E-state index is 0.187. The van der Waals surface area contributed by atoms with E-state index in [2.05, 4.69) is 21.4 Å². The summed E-state index contributed by atoms with van der Waals surface area (Å²) >= 11 is 0. The highest BCUT2D eigenvalue weighted by Crippen LogP contribution is 2.57. The van der Waals surface area contributed by atoms with Gasteiger partial charge < -0.3 is 15.3 Å². The van der Waals surface area contributed by atoms with Crippen molar-refractivity contribution < 1.29 is 5.11 Å². The molecule has 3 saturated carbocycles. The fourth-order valence-corrected chi connectivity index (χ4v) is 5.89. The molecule has 8 rings (SSSR count). The van der Waals surface area contributed by atoms with Gasteiger partial charge in [-0.2, -0.15) is 5.10 Å². The highest BCUT2D eigenvalue weighted by atomic mass is 16.3. The van der Waals surface area contributed by atoms with Gasteiger partial charge >= 0.3 is 0 Å². The largest absolute Gasteiger partial charge is 0.507 e. The van der Waals surface area contributed by atoms with Crippen LogP contribution in [0.3, 0.4) is 0 Å². The van der Waals surface area contributed by atoms with Crippen molar-refractivity contribution in [2.75, 3.05) is 18.0 Å². The SMILES string of the molecule is Cn1cc2cc(-c3ccc4nc(N5CCC(NC67CC(C6)C7)C5)ccc4n3)c(O)cc2n1. The second kappa shape index (κ2) is 6.42. The van der Waals surface area contributed by atoms with Crippen molar-refractivity contribution in [1.82, 2.24) is 25.1 Å². The van der Waals surface area contributed by atoms with Crippen LogP contribution in [0.25, 0.3) is 33.2 Å². The van der Waals surface area contributed by atoms with E-state index in [1.54, 1.807) is 10.7 Å². The maximum Gasteiger partial charge on any atom is 0.129 e. The molecular formula is C25H26N6O. The van der Waals surface area contributed by atoms with Gasteiger partial charge in [0.1, 0.15) is 11.6 Å². The highest BCUT2D eigenvalue weighted by Gasteiger charge is 2.57. The van der Waals surface area contributed by atoms with Crippen molar-refractivity contribution >= 4 is 27.8 Å².